The van der Waals surface area contributed by atoms with E-state index >= 15 is 0 Å². The van der Waals surface area contributed by atoms with Gasteiger partial charge in [0.2, 0.25) is 5.91 Å². The summed E-state index contributed by atoms with van der Waals surface area (Å²) in [6, 6.07) is 8.01. The van der Waals surface area contributed by atoms with Crippen molar-refractivity contribution in [1.82, 2.24) is 5.32 Å². The SMILES string of the molecule is CC(C)(C)c1ccc(OCCCC(=O)NC2(CC(=O)O)CCOCC2)cc1. The Hall–Kier alpha value is -2.08. The standard InChI is InChI=1S/C21H31NO5/c1-20(2,3)16-6-8-17(9-7-16)27-12-4-5-18(23)22-21(15-19(24)25)10-13-26-14-11-21/h6-9H,4-5,10-15H2,1-3H3,(H,22,23)(H,24,25). The van der Waals surface area contributed by atoms with E-state index in [1.54, 1.807) is 0 Å². The molecule has 0 bridgehead atoms. The Labute approximate surface area is 161 Å². The Balaban J connectivity index is 1.76. The van der Waals surface area contributed by atoms with Gasteiger partial charge in [-0.05, 0) is 42.4 Å². The predicted molar refractivity (Wildman–Crippen MR) is 103 cm³/mol. The second kappa shape index (κ2) is 9.22. The maximum absolute atomic E-state index is 12.3. The van der Waals surface area contributed by atoms with E-state index in [0.717, 1.165) is 5.75 Å². The summed E-state index contributed by atoms with van der Waals surface area (Å²) in [7, 11) is 0. The highest BCUT2D eigenvalue weighted by molar-refractivity contribution is 5.78. The van der Waals surface area contributed by atoms with Crippen molar-refractivity contribution in [1.29, 1.82) is 0 Å². The van der Waals surface area contributed by atoms with Crippen LogP contribution in [0.2, 0.25) is 0 Å². The van der Waals surface area contributed by atoms with Gasteiger partial charge in [0.1, 0.15) is 5.75 Å². The average molecular weight is 377 g/mol. The van der Waals surface area contributed by atoms with Crippen LogP contribution in [-0.4, -0.2) is 42.3 Å². The minimum Gasteiger partial charge on any atom is -0.494 e. The minimum atomic E-state index is -0.903. The first-order valence-electron chi connectivity index (χ1n) is 9.54. The van der Waals surface area contributed by atoms with Gasteiger partial charge >= 0.3 is 5.97 Å². The Kier molecular flexibility index (Phi) is 7.25. The molecule has 0 saturated carbocycles. The van der Waals surface area contributed by atoms with E-state index in [1.165, 1.54) is 5.56 Å². The topological polar surface area (TPSA) is 84.9 Å². The molecule has 0 atom stereocenters. The molecule has 1 saturated heterocycles. The Morgan fingerprint density at radius 1 is 1.19 bits per heavy atom. The van der Waals surface area contributed by atoms with Crippen LogP contribution in [0.3, 0.4) is 0 Å². The van der Waals surface area contributed by atoms with Crippen LogP contribution >= 0.6 is 0 Å². The van der Waals surface area contributed by atoms with Gasteiger partial charge in [-0.25, -0.2) is 0 Å². The van der Waals surface area contributed by atoms with Crippen LogP contribution < -0.4 is 10.1 Å². The van der Waals surface area contributed by atoms with E-state index in [2.05, 4.69) is 38.2 Å². The van der Waals surface area contributed by atoms with Crippen LogP contribution in [0.15, 0.2) is 24.3 Å². The molecule has 6 heteroatoms. The Bertz CT molecular complexity index is 627. The van der Waals surface area contributed by atoms with Gasteiger partial charge in [0.25, 0.3) is 0 Å². The Morgan fingerprint density at radius 3 is 2.37 bits per heavy atom. The van der Waals surface area contributed by atoms with Crippen molar-refractivity contribution in [3.8, 4) is 5.75 Å². The normalized spacial score (nSPS) is 16.6. The van der Waals surface area contributed by atoms with Gasteiger partial charge in [-0.15, -0.1) is 0 Å². The lowest BCUT2D eigenvalue weighted by molar-refractivity contribution is -0.140. The second-order valence-corrected chi connectivity index (χ2v) is 8.24. The molecule has 1 aliphatic heterocycles. The van der Waals surface area contributed by atoms with Crippen molar-refractivity contribution in [3.63, 3.8) is 0 Å². The maximum Gasteiger partial charge on any atom is 0.305 e. The highest BCUT2D eigenvalue weighted by Gasteiger charge is 2.36. The monoisotopic (exact) mass is 377 g/mol. The quantitative estimate of drug-likeness (QED) is 0.679. The van der Waals surface area contributed by atoms with Crippen molar-refractivity contribution in [3.05, 3.63) is 29.8 Å². The number of carbonyl (C=O) groups is 2. The number of carboxylic acid groups (broad SMARTS) is 1. The third-order valence-electron chi connectivity index (χ3n) is 4.88. The molecule has 2 N–H and O–H groups in total. The number of nitrogens with one attached hydrogen (secondary N) is 1. The molecule has 2 rings (SSSR count). The van der Waals surface area contributed by atoms with Gasteiger partial charge in [-0.3, -0.25) is 9.59 Å². The number of carboxylic acids is 1. The summed E-state index contributed by atoms with van der Waals surface area (Å²) in [5.41, 5.74) is 0.659. The summed E-state index contributed by atoms with van der Waals surface area (Å²) in [6.07, 6.45) is 1.87. The molecule has 1 fully saturated rings. The van der Waals surface area contributed by atoms with E-state index < -0.39 is 11.5 Å². The number of hydrogen-bond acceptors (Lipinski definition) is 4. The summed E-state index contributed by atoms with van der Waals surface area (Å²) >= 11 is 0. The van der Waals surface area contributed by atoms with Crippen molar-refractivity contribution >= 4 is 11.9 Å². The fourth-order valence-electron chi connectivity index (χ4n) is 3.23. The van der Waals surface area contributed by atoms with Gasteiger partial charge in [0.05, 0.1) is 18.6 Å². The maximum atomic E-state index is 12.3. The van der Waals surface area contributed by atoms with Crippen molar-refractivity contribution in [2.75, 3.05) is 19.8 Å². The predicted octanol–water partition coefficient (Wildman–Crippen LogP) is 3.28. The van der Waals surface area contributed by atoms with Crippen LogP contribution in [0.4, 0.5) is 0 Å². The summed E-state index contributed by atoms with van der Waals surface area (Å²) in [5, 5.41) is 12.1. The number of amides is 1. The van der Waals surface area contributed by atoms with Gasteiger partial charge in [0, 0.05) is 19.6 Å². The number of hydrogen-bond donors (Lipinski definition) is 2. The van der Waals surface area contributed by atoms with E-state index in [4.69, 9.17) is 14.6 Å². The fraction of sp³-hybridized carbons (Fsp3) is 0.619. The van der Waals surface area contributed by atoms with Crippen molar-refractivity contribution in [2.45, 2.75) is 63.8 Å². The number of rotatable bonds is 8. The lowest BCUT2D eigenvalue weighted by Gasteiger charge is -2.36. The highest BCUT2D eigenvalue weighted by Crippen LogP contribution is 2.25. The summed E-state index contributed by atoms with van der Waals surface area (Å²) < 4.78 is 11.0. The number of benzene rings is 1. The molecule has 27 heavy (non-hydrogen) atoms. The molecule has 0 unspecified atom stereocenters. The first-order valence-corrected chi connectivity index (χ1v) is 9.54. The van der Waals surface area contributed by atoms with E-state index in [9.17, 15) is 9.59 Å². The zero-order valence-corrected chi connectivity index (χ0v) is 16.5. The average Bonchev–Trinajstić information content (AvgIpc) is 2.58. The zero-order chi connectivity index (χ0) is 19.9. The van der Waals surface area contributed by atoms with Crippen molar-refractivity contribution < 1.29 is 24.2 Å². The molecule has 0 radical (unpaired) electrons. The van der Waals surface area contributed by atoms with Crippen LogP contribution in [0, 0.1) is 0 Å². The molecule has 0 aliphatic carbocycles. The molecule has 1 aromatic carbocycles. The third kappa shape index (κ3) is 6.86. The summed E-state index contributed by atoms with van der Waals surface area (Å²) in [6.45, 7) is 7.88. The molecule has 6 nitrogen and oxygen atoms in total. The fourth-order valence-corrected chi connectivity index (χ4v) is 3.23. The molecule has 0 spiro atoms. The first kappa shape index (κ1) is 21.2. The second-order valence-electron chi connectivity index (χ2n) is 8.24. The first-order chi connectivity index (χ1) is 12.7. The number of ether oxygens (including phenoxy) is 2. The molecule has 1 aromatic rings. The van der Waals surface area contributed by atoms with Gasteiger partial charge in [-0.1, -0.05) is 32.9 Å². The lowest BCUT2D eigenvalue weighted by Crippen LogP contribution is -2.53. The minimum absolute atomic E-state index is 0.0707. The van der Waals surface area contributed by atoms with Crippen LogP contribution in [0.1, 0.15) is 58.4 Å². The summed E-state index contributed by atoms with van der Waals surface area (Å²) in [5.74, 6) is -0.251. The Morgan fingerprint density at radius 2 is 1.81 bits per heavy atom. The molecule has 0 aromatic heterocycles. The molecule has 1 heterocycles. The van der Waals surface area contributed by atoms with E-state index in [-0.39, 0.29) is 17.7 Å². The number of aliphatic carboxylic acids is 1. The largest absolute Gasteiger partial charge is 0.494 e. The van der Waals surface area contributed by atoms with E-state index in [1.807, 2.05) is 12.1 Å². The van der Waals surface area contributed by atoms with Crippen LogP contribution in [-0.2, 0) is 19.7 Å². The van der Waals surface area contributed by atoms with Gasteiger partial charge in [0.15, 0.2) is 0 Å². The molecule has 1 amide bonds. The number of carbonyl (C=O) groups excluding carboxylic acids is 1. The smallest absolute Gasteiger partial charge is 0.305 e. The summed E-state index contributed by atoms with van der Waals surface area (Å²) in [4.78, 5) is 23.4. The van der Waals surface area contributed by atoms with Gasteiger partial charge in [-0.2, -0.15) is 0 Å². The molecular formula is C21H31NO5. The zero-order valence-electron chi connectivity index (χ0n) is 16.5. The lowest BCUT2D eigenvalue weighted by atomic mass is 9.86. The van der Waals surface area contributed by atoms with Gasteiger partial charge < -0.3 is 19.9 Å². The molecule has 1 aliphatic rings. The molecule has 150 valence electrons. The van der Waals surface area contributed by atoms with Crippen molar-refractivity contribution in [2.24, 2.45) is 0 Å². The highest BCUT2D eigenvalue weighted by atomic mass is 16.5. The third-order valence-corrected chi connectivity index (χ3v) is 4.88. The van der Waals surface area contributed by atoms with Crippen LogP contribution in [0.25, 0.3) is 0 Å². The van der Waals surface area contributed by atoms with E-state index in [0.29, 0.717) is 45.5 Å². The molecular weight excluding hydrogens is 346 g/mol. The van der Waals surface area contributed by atoms with Crippen LogP contribution in [0.5, 0.6) is 5.75 Å².